The minimum Gasteiger partial charge on any atom is -0.494 e. The molecule has 2 nitrogen and oxygen atoms in total. The monoisotopic (exact) mass is 247 g/mol. The van der Waals surface area contributed by atoms with Crippen LogP contribution in [0.15, 0.2) is 36.4 Å². The predicted molar refractivity (Wildman–Crippen MR) is 78.1 cm³/mol. The molecule has 1 atom stereocenters. The van der Waals surface area contributed by atoms with Crippen molar-refractivity contribution >= 4 is 0 Å². The van der Waals surface area contributed by atoms with Crippen molar-refractivity contribution in [3.8, 4) is 5.75 Å². The summed E-state index contributed by atoms with van der Waals surface area (Å²) in [7, 11) is 2.00. The number of rotatable bonds is 8. The van der Waals surface area contributed by atoms with Crippen molar-refractivity contribution in [2.45, 2.75) is 39.2 Å². The van der Waals surface area contributed by atoms with Crippen LogP contribution < -0.4 is 10.1 Å². The number of ether oxygens (including phenoxy) is 1. The zero-order valence-electron chi connectivity index (χ0n) is 11.8. The minimum absolute atomic E-state index is 0.367. The van der Waals surface area contributed by atoms with Crippen molar-refractivity contribution in [3.63, 3.8) is 0 Å². The number of benzene rings is 1. The van der Waals surface area contributed by atoms with Crippen molar-refractivity contribution in [2.75, 3.05) is 13.7 Å². The summed E-state index contributed by atoms with van der Waals surface area (Å²) >= 11 is 0. The molecule has 100 valence electrons. The van der Waals surface area contributed by atoms with Crippen LogP contribution in [0.1, 0.15) is 44.7 Å². The summed E-state index contributed by atoms with van der Waals surface area (Å²) in [6, 6.07) is 8.73. The second-order valence-corrected chi connectivity index (χ2v) is 4.76. The van der Waals surface area contributed by atoms with Gasteiger partial charge in [0.25, 0.3) is 0 Å². The molecule has 1 N–H and O–H groups in total. The van der Waals surface area contributed by atoms with Crippen LogP contribution in [-0.2, 0) is 0 Å². The molecule has 0 spiro atoms. The lowest BCUT2D eigenvalue weighted by atomic mass is 10.00. The Bertz CT molecular complexity index is 373. The van der Waals surface area contributed by atoms with Gasteiger partial charge in [0.15, 0.2) is 0 Å². The van der Waals surface area contributed by atoms with Crippen LogP contribution in [-0.4, -0.2) is 13.7 Å². The van der Waals surface area contributed by atoms with E-state index in [1.807, 2.05) is 13.1 Å². The molecule has 1 aromatic rings. The molecule has 0 radical (unpaired) electrons. The van der Waals surface area contributed by atoms with E-state index < -0.39 is 0 Å². The Morgan fingerprint density at radius 1 is 1.44 bits per heavy atom. The van der Waals surface area contributed by atoms with E-state index in [9.17, 15) is 0 Å². The van der Waals surface area contributed by atoms with Gasteiger partial charge in [0.05, 0.1) is 6.61 Å². The van der Waals surface area contributed by atoms with Gasteiger partial charge in [-0.05, 0) is 50.9 Å². The van der Waals surface area contributed by atoms with Gasteiger partial charge in [0, 0.05) is 6.04 Å². The lowest BCUT2D eigenvalue weighted by Crippen LogP contribution is -2.16. The molecule has 0 bridgehead atoms. The van der Waals surface area contributed by atoms with Crippen molar-refractivity contribution in [2.24, 2.45) is 0 Å². The van der Waals surface area contributed by atoms with Crippen molar-refractivity contribution in [1.29, 1.82) is 0 Å². The minimum atomic E-state index is 0.367. The highest BCUT2D eigenvalue weighted by atomic mass is 16.5. The van der Waals surface area contributed by atoms with Crippen molar-refractivity contribution < 1.29 is 4.74 Å². The van der Waals surface area contributed by atoms with Gasteiger partial charge in [0.2, 0.25) is 0 Å². The van der Waals surface area contributed by atoms with E-state index in [4.69, 9.17) is 4.74 Å². The molecule has 1 aromatic carbocycles. The first-order valence-corrected chi connectivity index (χ1v) is 6.71. The van der Waals surface area contributed by atoms with E-state index in [0.29, 0.717) is 6.04 Å². The van der Waals surface area contributed by atoms with Gasteiger partial charge >= 0.3 is 0 Å². The molecule has 0 aliphatic carbocycles. The van der Waals surface area contributed by atoms with E-state index >= 15 is 0 Å². The summed E-state index contributed by atoms with van der Waals surface area (Å²) < 4.78 is 5.67. The summed E-state index contributed by atoms with van der Waals surface area (Å²) in [4.78, 5) is 0. The predicted octanol–water partition coefficient (Wildman–Crippen LogP) is 4.09. The van der Waals surface area contributed by atoms with Gasteiger partial charge in [0.1, 0.15) is 5.75 Å². The molecule has 0 aromatic heterocycles. The summed E-state index contributed by atoms with van der Waals surface area (Å²) in [6.45, 7) is 8.93. The molecule has 1 unspecified atom stereocenters. The van der Waals surface area contributed by atoms with Crippen LogP contribution >= 0.6 is 0 Å². The standard InChI is InChI=1S/C16H25NO/c1-5-11-18-15-8-6-7-14(12-15)16(17-4)10-9-13(2)3/h6-8,12,16-17H,2,5,9-11H2,1,3-4H3. The number of hydrogen-bond acceptors (Lipinski definition) is 2. The molecule has 2 heteroatoms. The number of hydrogen-bond donors (Lipinski definition) is 1. The van der Waals surface area contributed by atoms with E-state index in [2.05, 4.69) is 43.9 Å². The third kappa shape index (κ3) is 4.92. The van der Waals surface area contributed by atoms with Crippen molar-refractivity contribution in [3.05, 3.63) is 42.0 Å². The Morgan fingerprint density at radius 3 is 2.83 bits per heavy atom. The Kier molecular flexibility index (Phi) is 6.51. The number of nitrogens with one attached hydrogen (secondary N) is 1. The summed E-state index contributed by atoms with van der Waals surface area (Å²) in [5.74, 6) is 0.963. The highest BCUT2D eigenvalue weighted by molar-refractivity contribution is 5.30. The Balaban J connectivity index is 2.69. The second-order valence-electron chi connectivity index (χ2n) is 4.76. The number of allylic oxidation sites excluding steroid dienone is 1. The fourth-order valence-corrected chi connectivity index (χ4v) is 1.91. The zero-order chi connectivity index (χ0) is 13.4. The third-order valence-corrected chi connectivity index (χ3v) is 2.94. The Hall–Kier alpha value is -1.28. The van der Waals surface area contributed by atoms with Gasteiger partial charge < -0.3 is 10.1 Å². The molecule has 18 heavy (non-hydrogen) atoms. The maximum Gasteiger partial charge on any atom is 0.119 e. The summed E-state index contributed by atoms with van der Waals surface area (Å²) in [5.41, 5.74) is 2.51. The largest absolute Gasteiger partial charge is 0.494 e. The Labute approximate surface area is 111 Å². The van der Waals surface area contributed by atoms with E-state index in [0.717, 1.165) is 31.6 Å². The Morgan fingerprint density at radius 2 is 2.22 bits per heavy atom. The maximum absolute atomic E-state index is 5.67. The molecular formula is C16H25NO. The van der Waals surface area contributed by atoms with Crippen molar-refractivity contribution in [1.82, 2.24) is 5.32 Å². The summed E-state index contributed by atoms with van der Waals surface area (Å²) in [5, 5.41) is 3.36. The topological polar surface area (TPSA) is 21.3 Å². The van der Waals surface area contributed by atoms with Gasteiger partial charge in [-0.3, -0.25) is 0 Å². The molecule has 1 rings (SSSR count). The van der Waals surface area contributed by atoms with Crippen LogP contribution in [0.5, 0.6) is 5.75 Å². The zero-order valence-corrected chi connectivity index (χ0v) is 11.8. The van der Waals surface area contributed by atoms with Gasteiger partial charge in [-0.2, -0.15) is 0 Å². The first-order valence-electron chi connectivity index (χ1n) is 6.71. The van der Waals surface area contributed by atoms with Gasteiger partial charge in [-0.1, -0.05) is 24.6 Å². The van der Waals surface area contributed by atoms with Crippen LogP contribution in [0.4, 0.5) is 0 Å². The van der Waals surface area contributed by atoms with Crippen LogP contribution in [0.25, 0.3) is 0 Å². The quantitative estimate of drug-likeness (QED) is 0.699. The normalized spacial score (nSPS) is 12.2. The lowest BCUT2D eigenvalue weighted by Gasteiger charge is -2.17. The van der Waals surface area contributed by atoms with E-state index in [1.54, 1.807) is 0 Å². The highest BCUT2D eigenvalue weighted by Gasteiger charge is 2.09. The van der Waals surface area contributed by atoms with E-state index in [1.165, 1.54) is 11.1 Å². The van der Waals surface area contributed by atoms with Crippen LogP contribution in [0.3, 0.4) is 0 Å². The van der Waals surface area contributed by atoms with E-state index in [-0.39, 0.29) is 0 Å². The summed E-state index contributed by atoms with van der Waals surface area (Å²) in [6.07, 6.45) is 3.16. The highest BCUT2D eigenvalue weighted by Crippen LogP contribution is 2.23. The SMILES string of the molecule is C=C(C)CCC(NC)c1cccc(OCCC)c1. The van der Waals surface area contributed by atoms with Gasteiger partial charge in [-0.25, -0.2) is 0 Å². The van der Waals surface area contributed by atoms with Gasteiger partial charge in [-0.15, -0.1) is 6.58 Å². The lowest BCUT2D eigenvalue weighted by molar-refractivity contribution is 0.316. The smallest absolute Gasteiger partial charge is 0.119 e. The fourth-order valence-electron chi connectivity index (χ4n) is 1.91. The van der Waals surface area contributed by atoms with Crippen LogP contribution in [0.2, 0.25) is 0 Å². The third-order valence-electron chi connectivity index (χ3n) is 2.94. The molecule has 0 heterocycles. The van der Waals surface area contributed by atoms with Crippen LogP contribution in [0, 0.1) is 0 Å². The average Bonchev–Trinajstić information content (AvgIpc) is 2.37. The molecule has 0 aliphatic rings. The molecule has 0 amide bonds. The molecule has 0 aliphatic heterocycles. The molecule has 0 fully saturated rings. The molecule has 0 saturated carbocycles. The first-order chi connectivity index (χ1) is 8.67. The fraction of sp³-hybridized carbons (Fsp3) is 0.500. The second kappa shape index (κ2) is 7.93. The molecule has 0 saturated heterocycles. The average molecular weight is 247 g/mol. The molecular weight excluding hydrogens is 222 g/mol. The maximum atomic E-state index is 5.67. The first kappa shape index (κ1) is 14.8.